The van der Waals surface area contributed by atoms with Crippen LogP contribution in [0.15, 0.2) is 24.3 Å². The van der Waals surface area contributed by atoms with Crippen LogP contribution >= 0.6 is 0 Å². The van der Waals surface area contributed by atoms with Gasteiger partial charge in [-0.15, -0.1) is 0 Å². The van der Waals surface area contributed by atoms with Crippen molar-refractivity contribution < 1.29 is 0 Å². The van der Waals surface area contributed by atoms with Gasteiger partial charge in [0.05, 0.1) is 0 Å². The standard InChI is InChI=1S/C17H26N2/c1-14(18)17(9-10-17)16-7-5-15(6-8-16)13-19-11-3-2-4-12-19/h5-8,14H,2-4,9-13,18H2,1H3. The smallest absolute Gasteiger partial charge is 0.0233 e. The molecular weight excluding hydrogens is 232 g/mol. The van der Waals surface area contributed by atoms with E-state index in [0.29, 0.717) is 5.41 Å². The molecule has 19 heavy (non-hydrogen) atoms. The summed E-state index contributed by atoms with van der Waals surface area (Å²) in [5, 5.41) is 0. The molecule has 2 nitrogen and oxygen atoms in total. The van der Waals surface area contributed by atoms with Gasteiger partial charge >= 0.3 is 0 Å². The van der Waals surface area contributed by atoms with Gasteiger partial charge in [0.2, 0.25) is 0 Å². The van der Waals surface area contributed by atoms with Crippen molar-refractivity contribution in [2.45, 2.75) is 57.0 Å². The fourth-order valence-corrected chi connectivity index (χ4v) is 3.46. The van der Waals surface area contributed by atoms with Gasteiger partial charge in [-0.1, -0.05) is 30.7 Å². The predicted molar refractivity (Wildman–Crippen MR) is 80.1 cm³/mol. The Labute approximate surface area is 117 Å². The van der Waals surface area contributed by atoms with E-state index in [1.165, 1.54) is 56.3 Å². The lowest BCUT2D eigenvalue weighted by atomic mass is 9.89. The third-order valence-electron chi connectivity index (χ3n) is 5.04. The van der Waals surface area contributed by atoms with E-state index < -0.39 is 0 Å². The minimum Gasteiger partial charge on any atom is -0.327 e. The van der Waals surface area contributed by atoms with Crippen LogP contribution in [0.2, 0.25) is 0 Å². The van der Waals surface area contributed by atoms with Gasteiger partial charge in [-0.05, 0) is 56.8 Å². The Hall–Kier alpha value is -0.860. The first kappa shape index (κ1) is 13.1. The van der Waals surface area contributed by atoms with Gasteiger partial charge in [0.1, 0.15) is 0 Å². The second-order valence-corrected chi connectivity index (χ2v) is 6.48. The molecule has 2 heteroatoms. The Balaban J connectivity index is 1.66. The Bertz CT molecular complexity index is 411. The lowest BCUT2D eigenvalue weighted by Crippen LogP contribution is -2.31. The summed E-state index contributed by atoms with van der Waals surface area (Å²) in [6.07, 6.45) is 6.66. The normalized spacial score (nSPS) is 24.1. The molecule has 1 heterocycles. The fourth-order valence-electron chi connectivity index (χ4n) is 3.46. The summed E-state index contributed by atoms with van der Waals surface area (Å²) in [5.41, 5.74) is 9.34. The number of likely N-dealkylation sites (tertiary alicyclic amines) is 1. The summed E-state index contributed by atoms with van der Waals surface area (Å²) in [6.45, 7) is 5.80. The lowest BCUT2D eigenvalue weighted by Gasteiger charge is -2.26. The van der Waals surface area contributed by atoms with Crippen molar-refractivity contribution in [2.24, 2.45) is 5.73 Å². The van der Waals surface area contributed by atoms with Crippen LogP contribution in [0.1, 0.15) is 50.2 Å². The van der Waals surface area contributed by atoms with Gasteiger partial charge in [0.25, 0.3) is 0 Å². The molecule has 0 bridgehead atoms. The molecule has 1 unspecified atom stereocenters. The number of hydrogen-bond acceptors (Lipinski definition) is 2. The van der Waals surface area contributed by atoms with E-state index in [4.69, 9.17) is 5.73 Å². The second-order valence-electron chi connectivity index (χ2n) is 6.48. The predicted octanol–water partition coefficient (Wildman–Crippen LogP) is 3.05. The van der Waals surface area contributed by atoms with E-state index in [-0.39, 0.29) is 6.04 Å². The van der Waals surface area contributed by atoms with Crippen molar-refractivity contribution in [1.82, 2.24) is 4.90 Å². The molecule has 0 radical (unpaired) electrons. The number of benzene rings is 1. The number of nitrogens with two attached hydrogens (primary N) is 1. The van der Waals surface area contributed by atoms with Crippen LogP contribution in [0.3, 0.4) is 0 Å². The van der Waals surface area contributed by atoms with Gasteiger partial charge in [0, 0.05) is 18.0 Å². The van der Waals surface area contributed by atoms with Crippen LogP contribution in [-0.2, 0) is 12.0 Å². The number of rotatable bonds is 4. The lowest BCUT2D eigenvalue weighted by molar-refractivity contribution is 0.221. The van der Waals surface area contributed by atoms with Crippen LogP contribution < -0.4 is 5.73 Å². The molecule has 2 fully saturated rings. The molecular formula is C17H26N2. The quantitative estimate of drug-likeness (QED) is 0.899. The monoisotopic (exact) mass is 258 g/mol. The highest BCUT2D eigenvalue weighted by Crippen LogP contribution is 2.50. The number of hydrogen-bond donors (Lipinski definition) is 1. The largest absolute Gasteiger partial charge is 0.327 e. The summed E-state index contributed by atoms with van der Waals surface area (Å²) in [7, 11) is 0. The Morgan fingerprint density at radius 1 is 1.11 bits per heavy atom. The molecule has 104 valence electrons. The molecule has 1 atom stereocenters. The number of piperidine rings is 1. The minimum atomic E-state index is 0.278. The molecule has 1 aromatic rings. The molecule has 1 saturated heterocycles. The van der Waals surface area contributed by atoms with E-state index >= 15 is 0 Å². The fraction of sp³-hybridized carbons (Fsp3) is 0.647. The zero-order valence-electron chi connectivity index (χ0n) is 12.1. The highest BCUT2D eigenvalue weighted by Gasteiger charge is 2.47. The molecule has 1 aliphatic heterocycles. The van der Waals surface area contributed by atoms with Gasteiger partial charge in [0.15, 0.2) is 0 Å². The van der Waals surface area contributed by atoms with Gasteiger partial charge in [-0.2, -0.15) is 0 Å². The van der Waals surface area contributed by atoms with Crippen molar-refractivity contribution in [3.8, 4) is 0 Å². The maximum atomic E-state index is 6.14. The molecule has 0 aromatic heterocycles. The van der Waals surface area contributed by atoms with Crippen molar-refractivity contribution in [3.05, 3.63) is 35.4 Å². The van der Waals surface area contributed by atoms with Crippen LogP contribution in [0.5, 0.6) is 0 Å². The number of nitrogens with zero attached hydrogens (tertiary/aromatic N) is 1. The highest BCUT2D eigenvalue weighted by molar-refractivity contribution is 5.35. The Morgan fingerprint density at radius 3 is 2.26 bits per heavy atom. The Morgan fingerprint density at radius 2 is 1.74 bits per heavy atom. The minimum absolute atomic E-state index is 0.278. The average molecular weight is 258 g/mol. The van der Waals surface area contributed by atoms with Crippen molar-refractivity contribution in [1.29, 1.82) is 0 Å². The van der Waals surface area contributed by atoms with E-state index in [2.05, 4.69) is 36.1 Å². The van der Waals surface area contributed by atoms with E-state index in [1.807, 2.05) is 0 Å². The zero-order valence-corrected chi connectivity index (χ0v) is 12.1. The first-order chi connectivity index (χ1) is 9.21. The van der Waals surface area contributed by atoms with Gasteiger partial charge in [-0.25, -0.2) is 0 Å². The Kier molecular flexibility index (Phi) is 3.64. The average Bonchev–Trinajstić information content (AvgIpc) is 3.22. The summed E-state index contributed by atoms with van der Waals surface area (Å²) in [4.78, 5) is 2.58. The molecule has 2 N–H and O–H groups in total. The molecule has 1 saturated carbocycles. The van der Waals surface area contributed by atoms with Crippen LogP contribution in [0.4, 0.5) is 0 Å². The second kappa shape index (κ2) is 5.26. The van der Waals surface area contributed by atoms with Gasteiger partial charge in [-0.3, -0.25) is 4.90 Å². The first-order valence-corrected chi connectivity index (χ1v) is 7.78. The molecule has 1 aliphatic carbocycles. The van der Waals surface area contributed by atoms with Crippen molar-refractivity contribution >= 4 is 0 Å². The maximum absolute atomic E-state index is 6.14. The van der Waals surface area contributed by atoms with Crippen molar-refractivity contribution in [3.63, 3.8) is 0 Å². The summed E-state index contributed by atoms with van der Waals surface area (Å²) >= 11 is 0. The van der Waals surface area contributed by atoms with Crippen molar-refractivity contribution in [2.75, 3.05) is 13.1 Å². The SMILES string of the molecule is CC(N)C1(c2ccc(CN3CCCCC3)cc2)CC1. The molecule has 3 rings (SSSR count). The van der Waals surface area contributed by atoms with Crippen LogP contribution in [-0.4, -0.2) is 24.0 Å². The van der Waals surface area contributed by atoms with Gasteiger partial charge < -0.3 is 5.73 Å². The first-order valence-electron chi connectivity index (χ1n) is 7.78. The van der Waals surface area contributed by atoms with E-state index in [0.717, 1.165) is 6.54 Å². The third kappa shape index (κ3) is 2.70. The highest BCUT2D eigenvalue weighted by atomic mass is 15.1. The van der Waals surface area contributed by atoms with Crippen LogP contribution in [0.25, 0.3) is 0 Å². The maximum Gasteiger partial charge on any atom is 0.0233 e. The van der Waals surface area contributed by atoms with E-state index in [9.17, 15) is 0 Å². The third-order valence-corrected chi connectivity index (χ3v) is 5.04. The molecule has 2 aliphatic rings. The summed E-state index contributed by atoms with van der Waals surface area (Å²) in [5.74, 6) is 0. The zero-order chi connectivity index (χ0) is 13.3. The van der Waals surface area contributed by atoms with E-state index in [1.54, 1.807) is 0 Å². The van der Waals surface area contributed by atoms with Crippen LogP contribution in [0, 0.1) is 0 Å². The molecule has 0 amide bonds. The summed E-state index contributed by atoms with van der Waals surface area (Å²) < 4.78 is 0. The topological polar surface area (TPSA) is 29.3 Å². The molecule has 1 aromatic carbocycles. The summed E-state index contributed by atoms with van der Waals surface area (Å²) in [6, 6.07) is 9.53. The molecule has 0 spiro atoms.